The average Bonchev–Trinajstić information content (AvgIpc) is 3.42. The van der Waals surface area contributed by atoms with E-state index in [0.29, 0.717) is 64.3 Å². The van der Waals surface area contributed by atoms with Gasteiger partial charge >= 0.3 is 0 Å². The Hall–Kier alpha value is -5.09. The van der Waals surface area contributed by atoms with Gasteiger partial charge in [0.1, 0.15) is 28.4 Å². The zero-order valence-electron chi connectivity index (χ0n) is 26.1. The lowest BCUT2D eigenvalue weighted by molar-refractivity contribution is -0.00349. The Kier molecular flexibility index (Phi) is 8.31. The van der Waals surface area contributed by atoms with Crippen molar-refractivity contribution in [3.63, 3.8) is 0 Å². The van der Waals surface area contributed by atoms with Crippen LogP contribution in [0.15, 0.2) is 71.4 Å². The van der Waals surface area contributed by atoms with Crippen LogP contribution in [0.3, 0.4) is 0 Å². The Morgan fingerprint density at radius 2 is 1.78 bits per heavy atom. The third-order valence-electron chi connectivity index (χ3n) is 8.59. The first-order valence-electron chi connectivity index (χ1n) is 15.2. The lowest BCUT2D eigenvalue weighted by Crippen LogP contribution is -2.57. The van der Waals surface area contributed by atoms with Crippen molar-refractivity contribution in [2.75, 3.05) is 14.2 Å². The number of nitrogens with one attached hydrogen (secondary N) is 2. The molecule has 1 aliphatic carbocycles. The van der Waals surface area contributed by atoms with Crippen LogP contribution in [0.2, 0.25) is 0 Å². The van der Waals surface area contributed by atoms with Crippen LogP contribution in [-0.2, 0) is 12.0 Å². The molecule has 0 radical (unpaired) electrons. The summed E-state index contributed by atoms with van der Waals surface area (Å²) in [4.78, 5) is 36.0. The molecule has 2 heterocycles. The first kappa shape index (κ1) is 30.9. The van der Waals surface area contributed by atoms with E-state index in [-0.39, 0.29) is 17.6 Å². The second kappa shape index (κ2) is 12.4. The number of fused-ring (bicyclic) bond motifs is 1. The molecule has 0 saturated heterocycles. The van der Waals surface area contributed by atoms with Crippen molar-refractivity contribution in [1.29, 1.82) is 0 Å². The minimum absolute atomic E-state index is 0.292. The monoisotopic (exact) mass is 622 g/mol. The van der Waals surface area contributed by atoms with Crippen molar-refractivity contribution in [2.24, 2.45) is 0 Å². The summed E-state index contributed by atoms with van der Waals surface area (Å²) in [6.07, 6.45) is 4.79. The van der Waals surface area contributed by atoms with Gasteiger partial charge in [-0.3, -0.25) is 9.59 Å². The predicted octanol–water partition coefficient (Wildman–Crippen LogP) is 6.11. The highest BCUT2D eigenvalue weighted by Gasteiger charge is 2.48. The summed E-state index contributed by atoms with van der Waals surface area (Å²) in [7, 11) is 3.07. The van der Waals surface area contributed by atoms with Crippen molar-refractivity contribution in [3.8, 4) is 28.2 Å². The predicted molar refractivity (Wildman–Crippen MR) is 172 cm³/mol. The van der Waals surface area contributed by atoms with Gasteiger partial charge < -0.3 is 24.9 Å². The number of nitrogens with zero attached hydrogens (tertiary/aromatic N) is 2. The summed E-state index contributed by atoms with van der Waals surface area (Å²) in [6.45, 7) is 4.02. The molecule has 1 aliphatic rings. The normalized spacial score (nSPS) is 17.4. The van der Waals surface area contributed by atoms with E-state index >= 15 is 0 Å². The molecule has 46 heavy (non-hydrogen) atoms. The van der Waals surface area contributed by atoms with E-state index in [9.17, 15) is 19.1 Å². The molecule has 9 nitrogen and oxygen atoms in total. The standard InChI is InChI=1S/C36H35FN4O5/c1-5-7-22-15-30-27(31(34(44)38-3)32(46-30)21-8-10-23(37)11-9-21)17-26(22)25-16-28(29(45-4)14-20(25)2)33(43)41-36(18-24(42)19-36)35-39-12-6-13-40-35/h6,8-17,24,42H,5,7,18-19H2,1-4H3,(H,38,44)(H,41,43). The van der Waals surface area contributed by atoms with E-state index in [4.69, 9.17) is 9.15 Å². The van der Waals surface area contributed by atoms with Crippen molar-refractivity contribution in [3.05, 3.63) is 101 Å². The van der Waals surface area contributed by atoms with Crippen LogP contribution in [-0.4, -0.2) is 47.2 Å². The van der Waals surface area contributed by atoms with E-state index in [1.165, 1.54) is 19.2 Å². The minimum atomic E-state index is -0.907. The first-order valence-corrected chi connectivity index (χ1v) is 15.2. The molecule has 236 valence electrons. The number of hydrogen-bond donors (Lipinski definition) is 3. The fourth-order valence-corrected chi connectivity index (χ4v) is 6.30. The number of carbonyl (C=O) groups excluding carboxylic acids is 2. The lowest BCUT2D eigenvalue weighted by atomic mass is 9.73. The largest absolute Gasteiger partial charge is 0.496 e. The molecule has 3 N–H and O–H groups in total. The van der Waals surface area contributed by atoms with Gasteiger partial charge in [-0.05, 0) is 90.2 Å². The SMILES string of the molecule is CCCc1cc2oc(-c3ccc(F)cc3)c(C(=O)NC)c2cc1-c1cc(C(=O)NC2(c3ncccn3)CC(O)C2)c(OC)cc1C. The van der Waals surface area contributed by atoms with E-state index < -0.39 is 11.6 Å². The van der Waals surface area contributed by atoms with Crippen LogP contribution < -0.4 is 15.4 Å². The highest BCUT2D eigenvalue weighted by Crippen LogP contribution is 2.42. The number of benzene rings is 3. The molecule has 0 aliphatic heterocycles. The van der Waals surface area contributed by atoms with Gasteiger partial charge in [0.2, 0.25) is 0 Å². The molecule has 0 atom stereocenters. The zero-order chi connectivity index (χ0) is 32.6. The number of carbonyl (C=O) groups is 2. The van der Waals surface area contributed by atoms with Gasteiger partial charge in [-0.15, -0.1) is 0 Å². The number of aryl methyl sites for hydroxylation is 2. The molecule has 6 rings (SSSR count). The number of furan rings is 1. The van der Waals surface area contributed by atoms with Gasteiger partial charge in [0.05, 0.1) is 24.3 Å². The van der Waals surface area contributed by atoms with Gasteiger partial charge in [-0.2, -0.15) is 0 Å². The Bertz CT molecular complexity index is 1930. The number of hydrogen-bond acceptors (Lipinski definition) is 7. The zero-order valence-corrected chi connectivity index (χ0v) is 26.1. The summed E-state index contributed by atoms with van der Waals surface area (Å²) in [5.41, 5.74) is 4.34. The van der Waals surface area contributed by atoms with Crippen LogP contribution in [0.1, 0.15) is 63.9 Å². The number of methoxy groups -OCH3 is 1. The van der Waals surface area contributed by atoms with Crippen LogP contribution in [0.5, 0.6) is 5.75 Å². The maximum atomic E-state index is 14.0. The number of aliphatic hydroxyl groups is 1. The van der Waals surface area contributed by atoms with Gasteiger partial charge in [0.25, 0.3) is 11.8 Å². The van der Waals surface area contributed by atoms with Gasteiger partial charge in [0, 0.05) is 43.2 Å². The third-order valence-corrected chi connectivity index (χ3v) is 8.59. The highest BCUT2D eigenvalue weighted by molar-refractivity contribution is 6.12. The molecule has 1 saturated carbocycles. The van der Waals surface area contributed by atoms with Gasteiger partial charge in [0.15, 0.2) is 5.82 Å². The fourth-order valence-electron chi connectivity index (χ4n) is 6.30. The molecule has 10 heteroatoms. The molecule has 3 aromatic carbocycles. The number of aliphatic hydroxyl groups excluding tert-OH is 1. The smallest absolute Gasteiger partial charge is 0.255 e. The second-order valence-corrected chi connectivity index (χ2v) is 11.7. The van der Waals surface area contributed by atoms with Crippen molar-refractivity contribution in [2.45, 2.75) is 51.2 Å². The lowest BCUT2D eigenvalue weighted by Gasteiger charge is -2.44. The van der Waals surface area contributed by atoms with Crippen LogP contribution in [0.4, 0.5) is 4.39 Å². The molecule has 1 fully saturated rings. The number of amides is 2. The quantitative estimate of drug-likeness (QED) is 0.181. The molecule has 2 aromatic heterocycles. The number of rotatable bonds is 9. The summed E-state index contributed by atoms with van der Waals surface area (Å²) in [6, 6.07) is 15.0. The average molecular weight is 623 g/mol. The molecule has 0 spiro atoms. The van der Waals surface area contributed by atoms with Crippen LogP contribution >= 0.6 is 0 Å². The molecule has 0 unspecified atom stereocenters. The Balaban J connectivity index is 1.50. The van der Waals surface area contributed by atoms with Crippen molar-refractivity contribution < 1.29 is 28.2 Å². The van der Waals surface area contributed by atoms with Crippen molar-refractivity contribution >= 4 is 22.8 Å². The summed E-state index contributed by atoms with van der Waals surface area (Å²) in [5, 5.41) is 16.6. The highest BCUT2D eigenvalue weighted by atomic mass is 19.1. The third kappa shape index (κ3) is 5.49. The van der Waals surface area contributed by atoms with Crippen molar-refractivity contribution in [1.82, 2.24) is 20.6 Å². The van der Waals surface area contributed by atoms with E-state index in [1.807, 2.05) is 25.1 Å². The minimum Gasteiger partial charge on any atom is -0.496 e. The van der Waals surface area contributed by atoms with Crippen LogP contribution in [0.25, 0.3) is 33.4 Å². The maximum Gasteiger partial charge on any atom is 0.255 e. The maximum absolute atomic E-state index is 14.0. The Morgan fingerprint density at radius 3 is 2.41 bits per heavy atom. The number of ether oxygens (including phenoxy) is 1. The molecule has 0 bridgehead atoms. The van der Waals surface area contributed by atoms with E-state index in [1.54, 1.807) is 43.7 Å². The summed E-state index contributed by atoms with van der Waals surface area (Å²) < 4.78 is 25.7. The molecule has 5 aromatic rings. The molecular weight excluding hydrogens is 587 g/mol. The number of halogens is 1. The number of aromatic nitrogens is 2. The molecular formula is C36H35FN4O5. The van der Waals surface area contributed by atoms with E-state index in [2.05, 4.69) is 27.5 Å². The second-order valence-electron chi connectivity index (χ2n) is 11.7. The van der Waals surface area contributed by atoms with Crippen LogP contribution in [0, 0.1) is 12.7 Å². The molecule has 2 amide bonds. The summed E-state index contributed by atoms with van der Waals surface area (Å²) in [5.74, 6) is 0.0671. The fraction of sp³-hybridized carbons (Fsp3) is 0.278. The topological polar surface area (TPSA) is 127 Å². The first-order chi connectivity index (χ1) is 22.2. The summed E-state index contributed by atoms with van der Waals surface area (Å²) >= 11 is 0. The van der Waals surface area contributed by atoms with Gasteiger partial charge in [-0.1, -0.05) is 13.3 Å². The van der Waals surface area contributed by atoms with E-state index in [0.717, 1.165) is 28.7 Å². The Labute approximate surface area is 265 Å². The van der Waals surface area contributed by atoms with Gasteiger partial charge in [-0.25, -0.2) is 14.4 Å². The Morgan fingerprint density at radius 1 is 1.07 bits per heavy atom.